The minimum Gasteiger partial charge on any atom is -0.399 e. The third-order valence-corrected chi connectivity index (χ3v) is 4.53. The highest BCUT2D eigenvalue weighted by Crippen LogP contribution is 2.37. The van der Waals surface area contributed by atoms with Crippen molar-refractivity contribution in [1.82, 2.24) is 0 Å². The van der Waals surface area contributed by atoms with Crippen molar-refractivity contribution in [2.24, 2.45) is 11.1 Å². The lowest BCUT2D eigenvalue weighted by molar-refractivity contribution is 0.590. The van der Waals surface area contributed by atoms with Crippen molar-refractivity contribution in [1.29, 1.82) is 0 Å². The summed E-state index contributed by atoms with van der Waals surface area (Å²) in [5.74, 6) is 0.640. The van der Waals surface area contributed by atoms with E-state index in [0.29, 0.717) is 23.3 Å². The number of nitrogens with zero attached hydrogens (tertiary/aromatic N) is 1. The van der Waals surface area contributed by atoms with Gasteiger partial charge in [0.25, 0.3) is 0 Å². The number of nitrogen functional groups attached to an aromatic ring is 1. The summed E-state index contributed by atoms with van der Waals surface area (Å²) in [6, 6.07) is 5.13. The van der Waals surface area contributed by atoms with Crippen LogP contribution < -0.4 is 15.8 Å². The van der Waals surface area contributed by atoms with Crippen molar-refractivity contribution in [3.05, 3.63) is 18.2 Å². The molecule has 100 valence electrons. The summed E-state index contributed by atoms with van der Waals surface area (Å²) < 4.78 is 23.2. The van der Waals surface area contributed by atoms with Gasteiger partial charge in [-0.25, -0.2) is 13.6 Å². The second kappa shape index (κ2) is 4.44. The quantitative estimate of drug-likeness (QED) is 0.802. The molecule has 0 amide bonds. The summed E-state index contributed by atoms with van der Waals surface area (Å²) in [4.78, 5) is 2.06. The van der Waals surface area contributed by atoms with Gasteiger partial charge in [0, 0.05) is 18.8 Å². The third-order valence-electron chi connectivity index (χ3n) is 3.59. The first-order valence-electron chi connectivity index (χ1n) is 5.96. The Morgan fingerprint density at radius 2 is 2.00 bits per heavy atom. The first kappa shape index (κ1) is 13.2. The Kier molecular flexibility index (Phi) is 3.25. The van der Waals surface area contributed by atoms with Crippen molar-refractivity contribution < 1.29 is 8.42 Å². The van der Waals surface area contributed by atoms with Crippen LogP contribution in [0.5, 0.6) is 0 Å². The van der Waals surface area contributed by atoms with E-state index in [2.05, 4.69) is 6.92 Å². The molecular weight excluding hydrogens is 250 g/mol. The van der Waals surface area contributed by atoms with Crippen molar-refractivity contribution in [3.63, 3.8) is 0 Å². The number of anilines is 2. The zero-order valence-corrected chi connectivity index (χ0v) is 11.4. The standard InChI is InChI=1S/C12H19N3O2S/c1-8(9-3-4-9)15(2)11-6-5-10(13)7-12(11)18(14,16)17/h5-9H,3-4,13H2,1-2H3,(H2,14,16,17). The molecule has 6 heteroatoms. The second-order valence-corrected chi connectivity index (χ2v) is 6.49. The first-order valence-corrected chi connectivity index (χ1v) is 7.50. The lowest BCUT2D eigenvalue weighted by atomic mass is 10.1. The maximum Gasteiger partial charge on any atom is 0.240 e. The molecule has 1 saturated carbocycles. The van der Waals surface area contributed by atoms with Gasteiger partial charge >= 0.3 is 0 Å². The highest BCUT2D eigenvalue weighted by molar-refractivity contribution is 7.89. The van der Waals surface area contributed by atoms with Gasteiger partial charge in [-0.1, -0.05) is 0 Å². The number of nitrogens with two attached hydrogens (primary N) is 2. The van der Waals surface area contributed by atoms with E-state index in [1.165, 1.54) is 18.9 Å². The van der Waals surface area contributed by atoms with E-state index in [9.17, 15) is 8.42 Å². The van der Waals surface area contributed by atoms with Crippen molar-refractivity contribution in [3.8, 4) is 0 Å². The van der Waals surface area contributed by atoms with Crippen molar-refractivity contribution in [2.45, 2.75) is 30.7 Å². The molecule has 1 aliphatic rings. The summed E-state index contributed by atoms with van der Waals surface area (Å²) in [5, 5.41) is 5.25. The van der Waals surface area contributed by atoms with E-state index in [4.69, 9.17) is 10.9 Å². The molecule has 0 aliphatic heterocycles. The minimum atomic E-state index is -3.76. The average molecular weight is 269 g/mol. The molecule has 0 heterocycles. The van der Waals surface area contributed by atoms with Gasteiger partial charge in [0.05, 0.1) is 5.69 Å². The Hall–Kier alpha value is -1.27. The molecular formula is C12H19N3O2S. The summed E-state index contributed by atoms with van der Waals surface area (Å²) in [5.41, 5.74) is 6.65. The molecule has 0 spiro atoms. The van der Waals surface area contributed by atoms with E-state index in [-0.39, 0.29) is 4.90 Å². The smallest absolute Gasteiger partial charge is 0.240 e. The molecule has 0 radical (unpaired) electrons. The molecule has 18 heavy (non-hydrogen) atoms. The van der Waals surface area contributed by atoms with Crippen LogP contribution in [0.3, 0.4) is 0 Å². The number of sulfonamides is 1. The SMILES string of the molecule is CC(C1CC1)N(C)c1ccc(N)cc1S(N)(=O)=O. The van der Waals surface area contributed by atoms with Crippen LogP contribution in [0.1, 0.15) is 19.8 Å². The van der Waals surface area contributed by atoms with E-state index in [0.717, 1.165) is 0 Å². The average Bonchev–Trinajstić information content (AvgIpc) is 3.09. The number of benzene rings is 1. The lowest BCUT2D eigenvalue weighted by Crippen LogP contribution is -2.32. The fourth-order valence-corrected chi connectivity index (χ4v) is 2.97. The summed E-state index contributed by atoms with van der Waals surface area (Å²) in [6.45, 7) is 2.10. The van der Waals surface area contributed by atoms with E-state index in [1.807, 2.05) is 11.9 Å². The largest absolute Gasteiger partial charge is 0.399 e. The van der Waals surface area contributed by atoms with E-state index >= 15 is 0 Å². The normalized spacial score (nSPS) is 17.5. The lowest BCUT2D eigenvalue weighted by Gasteiger charge is -2.28. The molecule has 0 saturated heterocycles. The van der Waals surface area contributed by atoms with E-state index in [1.54, 1.807) is 12.1 Å². The number of hydrogen-bond donors (Lipinski definition) is 2. The van der Waals surface area contributed by atoms with Crippen molar-refractivity contribution in [2.75, 3.05) is 17.7 Å². The van der Waals surface area contributed by atoms with Gasteiger partial charge < -0.3 is 10.6 Å². The minimum absolute atomic E-state index is 0.0949. The van der Waals surface area contributed by atoms with Crippen LogP contribution in [0.4, 0.5) is 11.4 Å². The Balaban J connectivity index is 2.43. The topological polar surface area (TPSA) is 89.4 Å². The molecule has 0 aromatic heterocycles. The molecule has 1 unspecified atom stereocenters. The van der Waals surface area contributed by atoms with Gasteiger partial charge in [-0.3, -0.25) is 0 Å². The van der Waals surface area contributed by atoms with Crippen molar-refractivity contribution >= 4 is 21.4 Å². The van der Waals surface area contributed by atoms with Gasteiger partial charge in [0.1, 0.15) is 4.90 Å². The summed E-state index contributed by atoms with van der Waals surface area (Å²) in [6.07, 6.45) is 2.40. The molecule has 1 aromatic carbocycles. The number of primary sulfonamides is 1. The Bertz CT molecular complexity index is 552. The molecule has 1 fully saturated rings. The molecule has 1 aromatic rings. The van der Waals surface area contributed by atoms with Crippen LogP contribution in [-0.4, -0.2) is 21.5 Å². The Morgan fingerprint density at radius 3 is 2.50 bits per heavy atom. The summed E-state index contributed by atoms with van der Waals surface area (Å²) >= 11 is 0. The fourth-order valence-electron chi connectivity index (χ4n) is 2.16. The second-order valence-electron chi connectivity index (χ2n) is 4.96. The van der Waals surface area contributed by atoms with E-state index < -0.39 is 10.0 Å². The predicted octanol–water partition coefficient (Wildman–Crippen LogP) is 1.15. The monoisotopic (exact) mass is 269 g/mol. The van der Waals surface area contributed by atoms with Gasteiger partial charge in [0.2, 0.25) is 10.0 Å². The maximum absolute atomic E-state index is 11.6. The van der Waals surface area contributed by atoms with Crippen LogP contribution in [0, 0.1) is 5.92 Å². The third kappa shape index (κ3) is 2.59. The van der Waals surface area contributed by atoms with Gasteiger partial charge in [-0.15, -0.1) is 0 Å². The molecule has 0 bridgehead atoms. The highest BCUT2D eigenvalue weighted by Gasteiger charge is 2.32. The zero-order chi connectivity index (χ0) is 13.5. The first-order chi connectivity index (χ1) is 8.30. The molecule has 4 N–H and O–H groups in total. The molecule has 1 atom stereocenters. The van der Waals surface area contributed by atoms with Crippen LogP contribution in [0.15, 0.2) is 23.1 Å². The van der Waals surface area contributed by atoms with Crippen LogP contribution in [0.25, 0.3) is 0 Å². The number of rotatable bonds is 4. The van der Waals surface area contributed by atoms with Crippen LogP contribution >= 0.6 is 0 Å². The molecule has 2 rings (SSSR count). The Morgan fingerprint density at radius 1 is 1.39 bits per heavy atom. The van der Waals surface area contributed by atoms with Crippen LogP contribution in [0.2, 0.25) is 0 Å². The van der Waals surface area contributed by atoms with Gasteiger partial charge in [-0.2, -0.15) is 0 Å². The molecule has 1 aliphatic carbocycles. The Labute approximate surface area is 108 Å². The van der Waals surface area contributed by atoms with Crippen LogP contribution in [-0.2, 0) is 10.0 Å². The van der Waals surface area contributed by atoms with Gasteiger partial charge in [-0.05, 0) is 43.9 Å². The molecule has 5 nitrogen and oxygen atoms in total. The predicted molar refractivity (Wildman–Crippen MR) is 72.8 cm³/mol. The number of hydrogen-bond acceptors (Lipinski definition) is 4. The maximum atomic E-state index is 11.6. The summed E-state index contributed by atoms with van der Waals surface area (Å²) in [7, 11) is -1.87. The zero-order valence-electron chi connectivity index (χ0n) is 10.6. The highest BCUT2D eigenvalue weighted by atomic mass is 32.2. The fraction of sp³-hybridized carbons (Fsp3) is 0.500. The van der Waals surface area contributed by atoms with Gasteiger partial charge in [0.15, 0.2) is 0 Å².